The molecule has 112 valence electrons. The van der Waals surface area contributed by atoms with Crippen LogP contribution in [0.5, 0.6) is 0 Å². The molecule has 0 aliphatic heterocycles. The fraction of sp³-hybridized carbons (Fsp3) is 0.588. The molecular formula is C17H26BrNO. The van der Waals surface area contributed by atoms with Crippen molar-refractivity contribution in [3.8, 4) is 0 Å². The molecule has 0 saturated carbocycles. The molecule has 1 rings (SSSR count). The summed E-state index contributed by atoms with van der Waals surface area (Å²) in [5, 5.41) is 0. The molecule has 2 nitrogen and oxygen atoms in total. The number of carbonyl (C=O) groups is 1. The van der Waals surface area contributed by atoms with Gasteiger partial charge in [0.05, 0.1) is 0 Å². The zero-order valence-electron chi connectivity index (χ0n) is 13.0. The Hall–Kier alpha value is -0.670. The van der Waals surface area contributed by atoms with Crippen molar-refractivity contribution >= 4 is 21.7 Å². The van der Waals surface area contributed by atoms with E-state index in [0.717, 1.165) is 29.7 Å². The molecule has 0 spiro atoms. The normalized spacial score (nSPS) is 11.6. The number of carbonyl (C=O) groups excluding carboxylic acids is 1. The van der Waals surface area contributed by atoms with Gasteiger partial charge in [0.2, 0.25) is 0 Å². The number of halogens is 1. The maximum Gasteiger partial charge on any atom is 0.164 e. The fourth-order valence-corrected chi connectivity index (χ4v) is 2.76. The minimum Gasteiger partial charge on any atom is -0.302 e. The molecule has 0 saturated heterocycles. The smallest absolute Gasteiger partial charge is 0.164 e. The van der Waals surface area contributed by atoms with Gasteiger partial charge in [-0.2, -0.15) is 0 Å². The third-order valence-electron chi connectivity index (χ3n) is 3.05. The second kappa shape index (κ2) is 8.58. The molecule has 3 heteroatoms. The summed E-state index contributed by atoms with van der Waals surface area (Å²) in [6.45, 7) is 11.9. The highest BCUT2D eigenvalue weighted by molar-refractivity contribution is 9.10. The van der Waals surface area contributed by atoms with Crippen molar-refractivity contribution in [1.82, 2.24) is 4.90 Å². The van der Waals surface area contributed by atoms with E-state index in [-0.39, 0.29) is 5.78 Å². The van der Waals surface area contributed by atoms with Crippen molar-refractivity contribution in [3.63, 3.8) is 0 Å². The fourth-order valence-electron chi connectivity index (χ4n) is 2.36. The number of rotatable bonds is 8. The number of hydrogen-bond acceptors (Lipinski definition) is 2. The topological polar surface area (TPSA) is 20.3 Å². The van der Waals surface area contributed by atoms with E-state index < -0.39 is 0 Å². The predicted molar refractivity (Wildman–Crippen MR) is 89.2 cm³/mol. The zero-order valence-corrected chi connectivity index (χ0v) is 14.6. The molecule has 0 amide bonds. The summed E-state index contributed by atoms with van der Waals surface area (Å²) >= 11 is 3.41. The lowest BCUT2D eigenvalue weighted by Gasteiger charge is -2.25. The first-order valence-electron chi connectivity index (χ1n) is 7.39. The molecule has 1 aromatic carbocycles. The first-order chi connectivity index (χ1) is 9.38. The van der Waals surface area contributed by atoms with Crippen molar-refractivity contribution in [3.05, 3.63) is 34.3 Å². The van der Waals surface area contributed by atoms with Crippen LogP contribution in [0.15, 0.2) is 28.7 Å². The average Bonchev–Trinajstić information content (AvgIpc) is 2.34. The summed E-state index contributed by atoms with van der Waals surface area (Å²) in [5.41, 5.74) is 0.799. The Labute approximate surface area is 131 Å². The van der Waals surface area contributed by atoms with Gasteiger partial charge in [-0.15, -0.1) is 0 Å². The van der Waals surface area contributed by atoms with Gasteiger partial charge in [0.25, 0.3) is 0 Å². The van der Waals surface area contributed by atoms with E-state index >= 15 is 0 Å². The minimum absolute atomic E-state index is 0.226. The first kappa shape index (κ1) is 17.4. The van der Waals surface area contributed by atoms with Crippen molar-refractivity contribution < 1.29 is 4.79 Å². The zero-order chi connectivity index (χ0) is 15.1. The maximum atomic E-state index is 12.2. The number of nitrogens with zero attached hydrogens (tertiary/aromatic N) is 1. The predicted octanol–water partition coefficient (Wildman–Crippen LogP) is 4.64. The van der Waals surface area contributed by atoms with Crippen LogP contribution in [0.2, 0.25) is 0 Å². The summed E-state index contributed by atoms with van der Waals surface area (Å²) in [5.74, 6) is 1.49. The quantitative estimate of drug-likeness (QED) is 0.643. The lowest BCUT2D eigenvalue weighted by atomic mass is 10.1. The van der Waals surface area contributed by atoms with Gasteiger partial charge in [-0.05, 0) is 24.0 Å². The molecule has 0 atom stereocenters. The largest absolute Gasteiger partial charge is 0.302 e. The molecule has 0 aromatic heterocycles. The van der Waals surface area contributed by atoms with Crippen LogP contribution in [0.25, 0.3) is 0 Å². The first-order valence-corrected chi connectivity index (χ1v) is 8.19. The Morgan fingerprint density at radius 3 is 2.25 bits per heavy atom. The van der Waals surface area contributed by atoms with Crippen LogP contribution in [-0.2, 0) is 0 Å². The third-order valence-corrected chi connectivity index (χ3v) is 3.54. The molecule has 1 aromatic rings. The second-order valence-electron chi connectivity index (χ2n) is 6.23. The Morgan fingerprint density at radius 1 is 1.15 bits per heavy atom. The van der Waals surface area contributed by atoms with Crippen molar-refractivity contribution in [1.29, 1.82) is 0 Å². The van der Waals surface area contributed by atoms with Crippen LogP contribution in [-0.4, -0.2) is 30.3 Å². The van der Waals surface area contributed by atoms with Gasteiger partial charge in [-0.3, -0.25) is 4.79 Å². The Balaban J connectivity index is 2.55. The van der Waals surface area contributed by atoms with Gasteiger partial charge in [0.1, 0.15) is 0 Å². The molecule has 0 aliphatic rings. The summed E-state index contributed by atoms with van der Waals surface area (Å²) in [4.78, 5) is 14.6. The molecule has 0 heterocycles. The van der Waals surface area contributed by atoms with Crippen LogP contribution >= 0.6 is 15.9 Å². The summed E-state index contributed by atoms with van der Waals surface area (Å²) < 4.78 is 0.963. The molecule has 0 aliphatic carbocycles. The number of benzene rings is 1. The minimum atomic E-state index is 0.226. The van der Waals surface area contributed by atoms with Gasteiger partial charge in [0.15, 0.2) is 5.78 Å². The van der Waals surface area contributed by atoms with Gasteiger partial charge in [-0.1, -0.05) is 55.8 Å². The molecule has 0 radical (unpaired) electrons. The highest BCUT2D eigenvalue weighted by Crippen LogP contribution is 2.14. The Bertz CT molecular complexity index is 419. The molecule has 0 fully saturated rings. The van der Waals surface area contributed by atoms with Crippen molar-refractivity contribution in [2.24, 2.45) is 11.8 Å². The highest BCUT2D eigenvalue weighted by atomic mass is 79.9. The van der Waals surface area contributed by atoms with Gasteiger partial charge >= 0.3 is 0 Å². The van der Waals surface area contributed by atoms with E-state index in [1.54, 1.807) is 0 Å². The van der Waals surface area contributed by atoms with E-state index in [1.165, 1.54) is 0 Å². The van der Waals surface area contributed by atoms with Crippen molar-refractivity contribution in [2.45, 2.75) is 34.1 Å². The van der Waals surface area contributed by atoms with Crippen LogP contribution in [0.3, 0.4) is 0 Å². The van der Waals surface area contributed by atoms with E-state index in [0.29, 0.717) is 18.3 Å². The third kappa shape index (κ3) is 6.67. The van der Waals surface area contributed by atoms with E-state index in [4.69, 9.17) is 0 Å². The Kier molecular flexibility index (Phi) is 7.46. The summed E-state index contributed by atoms with van der Waals surface area (Å²) in [6.07, 6.45) is 0.593. The average molecular weight is 340 g/mol. The SMILES string of the molecule is CC(C)CN(CCC(=O)c1cccc(Br)c1)CC(C)C. The molecule has 0 N–H and O–H groups in total. The monoisotopic (exact) mass is 339 g/mol. The van der Waals surface area contributed by atoms with E-state index in [9.17, 15) is 4.79 Å². The molecule has 20 heavy (non-hydrogen) atoms. The lowest BCUT2D eigenvalue weighted by molar-refractivity contribution is 0.0956. The molecule has 0 unspecified atom stereocenters. The molecule has 0 bridgehead atoms. The van der Waals surface area contributed by atoms with E-state index in [1.807, 2.05) is 24.3 Å². The maximum absolute atomic E-state index is 12.2. The number of ketones is 1. The van der Waals surface area contributed by atoms with Crippen LogP contribution in [0, 0.1) is 11.8 Å². The second-order valence-corrected chi connectivity index (χ2v) is 7.15. The van der Waals surface area contributed by atoms with Crippen LogP contribution in [0.1, 0.15) is 44.5 Å². The van der Waals surface area contributed by atoms with Crippen LogP contribution < -0.4 is 0 Å². The number of Topliss-reactive ketones (excluding diaryl/α,β-unsaturated/α-hetero) is 1. The van der Waals surface area contributed by atoms with Crippen molar-refractivity contribution in [2.75, 3.05) is 19.6 Å². The lowest BCUT2D eigenvalue weighted by Crippen LogP contribution is -2.33. The van der Waals surface area contributed by atoms with Crippen LogP contribution in [0.4, 0.5) is 0 Å². The Morgan fingerprint density at radius 2 is 1.75 bits per heavy atom. The standard InChI is InChI=1S/C17H26BrNO/c1-13(2)11-19(12-14(3)4)9-8-17(20)15-6-5-7-16(18)10-15/h5-7,10,13-14H,8-9,11-12H2,1-4H3. The molecular weight excluding hydrogens is 314 g/mol. The number of hydrogen-bond donors (Lipinski definition) is 0. The van der Waals surface area contributed by atoms with Gasteiger partial charge in [0, 0.05) is 36.1 Å². The summed E-state index contributed by atoms with van der Waals surface area (Å²) in [7, 11) is 0. The van der Waals surface area contributed by atoms with E-state index in [2.05, 4.69) is 48.5 Å². The summed E-state index contributed by atoms with van der Waals surface area (Å²) in [6, 6.07) is 7.65. The highest BCUT2D eigenvalue weighted by Gasteiger charge is 2.12. The van der Waals surface area contributed by atoms with Gasteiger partial charge < -0.3 is 4.90 Å². The van der Waals surface area contributed by atoms with Gasteiger partial charge in [-0.25, -0.2) is 0 Å².